The van der Waals surface area contributed by atoms with Crippen LogP contribution >= 0.6 is 11.6 Å². The monoisotopic (exact) mass is 307 g/mol. The number of nitro benzene ring substituents is 1. The summed E-state index contributed by atoms with van der Waals surface area (Å²) >= 11 is 5.68. The summed E-state index contributed by atoms with van der Waals surface area (Å²) in [6, 6.07) is 3.33. The molecule has 1 rings (SSSR count). The summed E-state index contributed by atoms with van der Waals surface area (Å²) in [5, 5.41) is 10.9. The number of nitrogens with one attached hydrogen (secondary N) is 1. The first kappa shape index (κ1) is 15.8. The summed E-state index contributed by atoms with van der Waals surface area (Å²) in [6.45, 7) is 3.20. The molecule has 0 spiro atoms. The Morgan fingerprint density at radius 2 is 2.05 bits per heavy atom. The van der Waals surface area contributed by atoms with E-state index in [0.717, 1.165) is 12.1 Å². The maximum absolute atomic E-state index is 12.0. The largest absolute Gasteiger partial charge is 0.324 e. The number of nitrogens with zero attached hydrogens (tertiary/aromatic N) is 1. The standard InChI is InChI=1S/C10H14ClN3O4S/c1-10(2,12)6-13-19(17,18)9-5-7(11)3-4-8(9)14(15)16/h3-5,13H,6,12H2,1-2H3. The Morgan fingerprint density at radius 1 is 1.47 bits per heavy atom. The molecule has 0 aliphatic heterocycles. The number of sulfonamides is 1. The van der Waals surface area contributed by atoms with Crippen LogP contribution in [0.15, 0.2) is 23.1 Å². The van der Waals surface area contributed by atoms with Crippen LogP contribution in [0.2, 0.25) is 5.02 Å². The molecule has 0 amide bonds. The van der Waals surface area contributed by atoms with Gasteiger partial charge in [-0.05, 0) is 26.0 Å². The van der Waals surface area contributed by atoms with Crippen molar-refractivity contribution in [3.63, 3.8) is 0 Å². The summed E-state index contributed by atoms with van der Waals surface area (Å²) in [6.07, 6.45) is 0. The number of rotatable bonds is 5. The van der Waals surface area contributed by atoms with Gasteiger partial charge in [0.25, 0.3) is 5.69 Å². The van der Waals surface area contributed by atoms with Crippen molar-refractivity contribution < 1.29 is 13.3 Å². The van der Waals surface area contributed by atoms with Gasteiger partial charge in [-0.2, -0.15) is 0 Å². The minimum Gasteiger partial charge on any atom is -0.324 e. The highest BCUT2D eigenvalue weighted by Gasteiger charge is 2.27. The van der Waals surface area contributed by atoms with Gasteiger partial charge in [0.05, 0.1) is 4.92 Å². The third kappa shape index (κ3) is 4.43. The second-order valence-electron chi connectivity index (χ2n) is 4.68. The fourth-order valence-corrected chi connectivity index (χ4v) is 2.87. The molecule has 9 heteroatoms. The number of hydrogen-bond acceptors (Lipinski definition) is 5. The van der Waals surface area contributed by atoms with Gasteiger partial charge < -0.3 is 5.73 Å². The average Bonchev–Trinajstić information content (AvgIpc) is 2.25. The number of benzene rings is 1. The third-order valence-electron chi connectivity index (χ3n) is 2.13. The van der Waals surface area contributed by atoms with Gasteiger partial charge in [0, 0.05) is 23.2 Å². The van der Waals surface area contributed by atoms with E-state index in [9.17, 15) is 18.5 Å². The van der Waals surface area contributed by atoms with Crippen molar-refractivity contribution in [1.29, 1.82) is 0 Å². The molecule has 7 nitrogen and oxygen atoms in total. The minimum absolute atomic E-state index is 0.0565. The van der Waals surface area contributed by atoms with Gasteiger partial charge in [0.1, 0.15) is 0 Å². The first-order valence-corrected chi connectivity index (χ1v) is 7.11. The average molecular weight is 308 g/mol. The first-order valence-electron chi connectivity index (χ1n) is 5.25. The molecule has 0 heterocycles. The molecule has 0 aliphatic rings. The summed E-state index contributed by atoms with van der Waals surface area (Å²) in [7, 11) is -4.05. The van der Waals surface area contributed by atoms with Gasteiger partial charge in [-0.3, -0.25) is 10.1 Å². The quantitative estimate of drug-likeness (QED) is 0.627. The molecule has 0 bridgehead atoms. The molecule has 0 aromatic heterocycles. The molecule has 0 fully saturated rings. The molecule has 0 aliphatic carbocycles. The van der Waals surface area contributed by atoms with E-state index in [0.29, 0.717) is 0 Å². The molecular weight excluding hydrogens is 294 g/mol. The second-order valence-corrected chi connectivity index (χ2v) is 6.85. The van der Waals surface area contributed by atoms with E-state index in [2.05, 4.69) is 4.72 Å². The Kier molecular flexibility index (Phi) is 4.51. The summed E-state index contributed by atoms with van der Waals surface area (Å²) in [5.74, 6) is 0. The Balaban J connectivity index is 3.21. The van der Waals surface area contributed by atoms with Crippen LogP contribution in [-0.2, 0) is 10.0 Å². The zero-order valence-electron chi connectivity index (χ0n) is 10.4. The van der Waals surface area contributed by atoms with Crippen molar-refractivity contribution in [1.82, 2.24) is 4.72 Å². The minimum atomic E-state index is -4.05. The zero-order valence-corrected chi connectivity index (χ0v) is 12.0. The summed E-state index contributed by atoms with van der Waals surface area (Å²) in [5.41, 5.74) is 4.35. The van der Waals surface area contributed by atoms with Crippen molar-refractivity contribution in [3.8, 4) is 0 Å². The Morgan fingerprint density at radius 3 is 2.53 bits per heavy atom. The number of nitrogens with two attached hydrogens (primary N) is 1. The number of nitro groups is 1. The van der Waals surface area contributed by atoms with Crippen molar-refractivity contribution >= 4 is 27.3 Å². The Hall–Kier alpha value is -1.22. The lowest BCUT2D eigenvalue weighted by Gasteiger charge is -2.18. The Bertz CT molecular complexity index is 595. The molecule has 3 N–H and O–H groups in total. The van der Waals surface area contributed by atoms with E-state index in [-0.39, 0.29) is 11.6 Å². The van der Waals surface area contributed by atoms with Crippen molar-refractivity contribution in [2.24, 2.45) is 5.73 Å². The maximum Gasteiger partial charge on any atom is 0.289 e. The van der Waals surface area contributed by atoms with Crippen molar-refractivity contribution in [3.05, 3.63) is 33.3 Å². The van der Waals surface area contributed by atoms with Gasteiger partial charge in [0.15, 0.2) is 4.90 Å². The molecule has 0 unspecified atom stereocenters. The molecule has 0 saturated carbocycles. The molecule has 106 valence electrons. The van der Waals surface area contributed by atoms with Crippen LogP contribution in [0.25, 0.3) is 0 Å². The van der Waals surface area contributed by atoms with E-state index < -0.39 is 31.1 Å². The van der Waals surface area contributed by atoms with E-state index >= 15 is 0 Å². The van der Waals surface area contributed by atoms with Crippen LogP contribution < -0.4 is 10.5 Å². The van der Waals surface area contributed by atoms with Gasteiger partial charge >= 0.3 is 0 Å². The fraction of sp³-hybridized carbons (Fsp3) is 0.400. The lowest BCUT2D eigenvalue weighted by molar-refractivity contribution is -0.387. The predicted octanol–water partition coefficient (Wildman–Crippen LogP) is 1.26. The van der Waals surface area contributed by atoms with Crippen LogP contribution in [0, 0.1) is 10.1 Å². The molecular formula is C10H14ClN3O4S. The van der Waals surface area contributed by atoms with Crippen molar-refractivity contribution in [2.75, 3.05) is 6.54 Å². The molecule has 19 heavy (non-hydrogen) atoms. The molecule has 0 atom stereocenters. The highest BCUT2D eigenvalue weighted by Crippen LogP contribution is 2.26. The second kappa shape index (κ2) is 5.41. The predicted molar refractivity (Wildman–Crippen MR) is 71.6 cm³/mol. The summed E-state index contributed by atoms with van der Waals surface area (Å²) in [4.78, 5) is 9.57. The van der Waals surface area contributed by atoms with E-state index in [4.69, 9.17) is 17.3 Å². The highest BCUT2D eigenvalue weighted by molar-refractivity contribution is 7.89. The molecule has 1 aromatic rings. The van der Waals surface area contributed by atoms with Gasteiger partial charge in [-0.15, -0.1) is 0 Å². The van der Waals surface area contributed by atoms with Gasteiger partial charge in [-0.1, -0.05) is 11.6 Å². The van der Waals surface area contributed by atoms with Crippen LogP contribution in [0.5, 0.6) is 0 Å². The Labute approximate surface area is 115 Å². The molecule has 0 saturated heterocycles. The van der Waals surface area contributed by atoms with Crippen LogP contribution in [-0.4, -0.2) is 25.4 Å². The fourth-order valence-electron chi connectivity index (χ4n) is 1.21. The molecule has 0 radical (unpaired) electrons. The van der Waals surface area contributed by atoms with Crippen molar-refractivity contribution in [2.45, 2.75) is 24.3 Å². The highest BCUT2D eigenvalue weighted by atomic mass is 35.5. The third-order valence-corrected chi connectivity index (χ3v) is 3.79. The van der Waals surface area contributed by atoms with Crippen LogP contribution in [0.4, 0.5) is 5.69 Å². The zero-order chi connectivity index (χ0) is 14.8. The SMILES string of the molecule is CC(C)(N)CNS(=O)(=O)c1cc(Cl)ccc1[N+](=O)[O-]. The number of halogens is 1. The maximum atomic E-state index is 12.0. The summed E-state index contributed by atoms with van der Waals surface area (Å²) < 4.78 is 26.3. The van der Waals surface area contributed by atoms with Crippen LogP contribution in [0.3, 0.4) is 0 Å². The first-order chi connectivity index (χ1) is 8.53. The lowest BCUT2D eigenvalue weighted by Crippen LogP contribution is -2.45. The normalized spacial score (nSPS) is 12.4. The van der Waals surface area contributed by atoms with Gasteiger partial charge in [0.2, 0.25) is 10.0 Å². The molecule has 1 aromatic carbocycles. The topological polar surface area (TPSA) is 115 Å². The number of hydrogen-bond donors (Lipinski definition) is 2. The van der Waals surface area contributed by atoms with E-state index in [1.165, 1.54) is 6.07 Å². The van der Waals surface area contributed by atoms with Gasteiger partial charge in [-0.25, -0.2) is 13.1 Å². The van der Waals surface area contributed by atoms with E-state index in [1.54, 1.807) is 13.8 Å². The van der Waals surface area contributed by atoms with Crippen LogP contribution in [0.1, 0.15) is 13.8 Å². The smallest absolute Gasteiger partial charge is 0.289 e. The van der Waals surface area contributed by atoms with E-state index in [1.807, 2.05) is 0 Å². The lowest BCUT2D eigenvalue weighted by atomic mass is 10.1.